The van der Waals surface area contributed by atoms with Crippen LogP contribution >= 0.6 is 0 Å². The van der Waals surface area contributed by atoms with E-state index in [1.807, 2.05) is 11.8 Å². The molecule has 1 fully saturated rings. The summed E-state index contributed by atoms with van der Waals surface area (Å²) in [6.45, 7) is 3.10. The Balaban J connectivity index is 2.53. The first-order valence-electron chi connectivity index (χ1n) is 5.29. The van der Waals surface area contributed by atoms with Crippen molar-refractivity contribution < 1.29 is 20.1 Å². The van der Waals surface area contributed by atoms with Gasteiger partial charge in [0.1, 0.15) is 0 Å². The maximum Gasteiger partial charge on any atom is 0.310 e. The lowest BCUT2D eigenvalue weighted by Crippen LogP contribution is -2.37. The molecule has 5 heteroatoms. The van der Waals surface area contributed by atoms with E-state index in [1.54, 1.807) is 0 Å². The standard InChI is InChI=1S/C10H19NO4/c1-2-10(9(14)15)3-4-11(7-10)5-8(13)6-12/h8,12-13H,2-7H2,1H3,(H,14,15). The molecule has 0 aliphatic carbocycles. The van der Waals surface area contributed by atoms with Gasteiger partial charge in [-0.3, -0.25) is 9.69 Å². The molecule has 0 bridgehead atoms. The van der Waals surface area contributed by atoms with Gasteiger partial charge in [-0.05, 0) is 19.4 Å². The molecule has 1 aliphatic heterocycles. The van der Waals surface area contributed by atoms with Crippen LogP contribution in [0.5, 0.6) is 0 Å². The molecule has 0 aromatic carbocycles. The first kappa shape index (κ1) is 12.4. The van der Waals surface area contributed by atoms with Gasteiger partial charge >= 0.3 is 5.97 Å². The predicted molar refractivity (Wildman–Crippen MR) is 54.5 cm³/mol. The molecule has 1 aliphatic rings. The molecule has 5 nitrogen and oxygen atoms in total. The van der Waals surface area contributed by atoms with E-state index < -0.39 is 17.5 Å². The smallest absolute Gasteiger partial charge is 0.310 e. The number of rotatable bonds is 5. The molecule has 0 aromatic heterocycles. The van der Waals surface area contributed by atoms with Gasteiger partial charge in [0, 0.05) is 13.1 Å². The van der Waals surface area contributed by atoms with E-state index in [1.165, 1.54) is 0 Å². The van der Waals surface area contributed by atoms with Gasteiger partial charge in [0.05, 0.1) is 18.1 Å². The summed E-state index contributed by atoms with van der Waals surface area (Å²) in [6, 6.07) is 0. The molecule has 88 valence electrons. The third kappa shape index (κ3) is 2.68. The summed E-state index contributed by atoms with van der Waals surface area (Å²) in [6.07, 6.45) is 0.455. The maximum atomic E-state index is 11.1. The second-order valence-corrected chi connectivity index (χ2v) is 4.26. The fourth-order valence-corrected chi connectivity index (χ4v) is 2.08. The number of aliphatic carboxylic acids is 1. The summed E-state index contributed by atoms with van der Waals surface area (Å²) in [4.78, 5) is 13.0. The molecule has 0 spiro atoms. The normalized spacial score (nSPS) is 29.3. The van der Waals surface area contributed by atoms with Gasteiger partial charge in [-0.1, -0.05) is 6.92 Å². The highest BCUT2D eigenvalue weighted by molar-refractivity contribution is 5.75. The van der Waals surface area contributed by atoms with Crippen LogP contribution in [0.4, 0.5) is 0 Å². The van der Waals surface area contributed by atoms with Crippen molar-refractivity contribution in [1.82, 2.24) is 4.90 Å². The number of aliphatic hydroxyl groups is 2. The molecule has 1 rings (SSSR count). The minimum Gasteiger partial charge on any atom is -0.481 e. The Morgan fingerprint density at radius 2 is 2.27 bits per heavy atom. The number of carboxylic acid groups (broad SMARTS) is 1. The highest BCUT2D eigenvalue weighted by Gasteiger charge is 2.43. The van der Waals surface area contributed by atoms with Crippen molar-refractivity contribution in [2.24, 2.45) is 5.41 Å². The second kappa shape index (κ2) is 4.92. The first-order valence-corrected chi connectivity index (χ1v) is 5.29. The van der Waals surface area contributed by atoms with Crippen LogP contribution in [0, 0.1) is 5.41 Å². The molecule has 2 atom stereocenters. The van der Waals surface area contributed by atoms with Crippen LogP contribution in [0.25, 0.3) is 0 Å². The predicted octanol–water partition coefficient (Wildman–Crippen LogP) is -0.474. The summed E-state index contributed by atoms with van der Waals surface area (Å²) < 4.78 is 0. The van der Waals surface area contributed by atoms with E-state index in [2.05, 4.69) is 0 Å². The number of β-amino-alcohol motifs (C(OH)–C–C–N with tert-alkyl or cyclic N) is 1. The summed E-state index contributed by atoms with van der Waals surface area (Å²) in [5.74, 6) is -0.758. The molecule has 1 heterocycles. The first-order chi connectivity index (χ1) is 7.04. The second-order valence-electron chi connectivity index (χ2n) is 4.26. The van der Waals surface area contributed by atoms with E-state index in [9.17, 15) is 9.90 Å². The third-order valence-electron chi connectivity index (χ3n) is 3.24. The number of hydrogen-bond acceptors (Lipinski definition) is 4. The van der Waals surface area contributed by atoms with E-state index >= 15 is 0 Å². The quantitative estimate of drug-likeness (QED) is 0.580. The van der Waals surface area contributed by atoms with Crippen LogP contribution in [0.3, 0.4) is 0 Å². The average Bonchev–Trinajstić information content (AvgIpc) is 2.62. The lowest BCUT2D eigenvalue weighted by molar-refractivity contribution is -0.148. The Bertz CT molecular complexity index is 233. The monoisotopic (exact) mass is 217 g/mol. The average molecular weight is 217 g/mol. The molecule has 0 saturated carbocycles. The zero-order valence-electron chi connectivity index (χ0n) is 9.02. The summed E-state index contributed by atoms with van der Waals surface area (Å²) in [5, 5.41) is 27.1. The molecule has 1 saturated heterocycles. The largest absolute Gasteiger partial charge is 0.481 e. The van der Waals surface area contributed by atoms with Crippen molar-refractivity contribution in [2.45, 2.75) is 25.9 Å². The van der Waals surface area contributed by atoms with Crippen molar-refractivity contribution in [1.29, 1.82) is 0 Å². The molecular formula is C10H19NO4. The van der Waals surface area contributed by atoms with Crippen molar-refractivity contribution in [3.63, 3.8) is 0 Å². The van der Waals surface area contributed by atoms with Gasteiger partial charge < -0.3 is 15.3 Å². The van der Waals surface area contributed by atoms with Crippen LogP contribution in [0.15, 0.2) is 0 Å². The minimum atomic E-state index is -0.772. The number of hydrogen-bond donors (Lipinski definition) is 3. The van der Waals surface area contributed by atoms with Crippen LogP contribution in [0.1, 0.15) is 19.8 Å². The topological polar surface area (TPSA) is 81.0 Å². The highest BCUT2D eigenvalue weighted by atomic mass is 16.4. The molecular weight excluding hydrogens is 198 g/mol. The maximum absolute atomic E-state index is 11.1. The van der Waals surface area contributed by atoms with Gasteiger partial charge in [-0.15, -0.1) is 0 Å². The lowest BCUT2D eigenvalue weighted by Gasteiger charge is -2.24. The van der Waals surface area contributed by atoms with Crippen LogP contribution in [-0.4, -0.2) is 58.5 Å². The van der Waals surface area contributed by atoms with E-state index in [0.29, 0.717) is 32.5 Å². The zero-order chi connectivity index (χ0) is 11.5. The van der Waals surface area contributed by atoms with Crippen molar-refractivity contribution in [2.75, 3.05) is 26.2 Å². The highest BCUT2D eigenvalue weighted by Crippen LogP contribution is 2.34. The van der Waals surface area contributed by atoms with Crippen molar-refractivity contribution in [3.8, 4) is 0 Å². The van der Waals surface area contributed by atoms with E-state index in [4.69, 9.17) is 10.2 Å². The Morgan fingerprint density at radius 1 is 1.60 bits per heavy atom. The Hall–Kier alpha value is -0.650. The van der Waals surface area contributed by atoms with Crippen LogP contribution in [-0.2, 0) is 4.79 Å². The van der Waals surface area contributed by atoms with Gasteiger partial charge in [-0.2, -0.15) is 0 Å². The summed E-state index contributed by atoms with van der Waals surface area (Å²) in [5.41, 5.74) is -0.658. The van der Waals surface area contributed by atoms with E-state index in [-0.39, 0.29) is 6.61 Å². The Morgan fingerprint density at radius 3 is 2.67 bits per heavy atom. The van der Waals surface area contributed by atoms with Gasteiger partial charge in [0.25, 0.3) is 0 Å². The lowest BCUT2D eigenvalue weighted by atomic mass is 9.84. The third-order valence-corrected chi connectivity index (χ3v) is 3.24. The molecule has 2 unspecified atom stereocenters. The molecule has 0 aromatic rings. The molecule has 0 radical (unpaired) electrons. The number of nitrogens with zero attached hydrogens (tertiary/aromatic N) is 1. The van der Waals surface area contributed by atoms with E-state index in [0.717, 1.165) is 0 Å². The molecule has 3 N–H and O–H groups in total. The van der Waals surface area contributed by atoms with Crippen LogP contribution < -0.4 is 0 Å². The fraction of sp³-hybridized carbons (Fsp3) is 0.900. The number of likely N-dealkylation sites (tertiary alicyclic amines) is 1. The van der Waals surface area contributed by atoms with Gasteiger partial charge in [0.2, 0.25) is 0 Å². The van der Waals surface area contributed by atoms with Gasteiger partial charge in [0.15, 0.2) is 0 Å². The van der Waals surface area contributed by atoms with Crippen molar-refractivity contribution >= 4 is 5.97 Å². The zero-order valence-corrected chi connectivity index (χ0v) is 9.02. The number of carbonyl (C=O) groups is 1. The molecule has 0 amide bonds. The SMILES string of the molecule is CCC1(C(=O)O)CCN(CC(O)CO)C1. The number of aliphatic hydroxyl groups excluding tert-OH is 2. The Labute approximate surface area is 89.3 Å². The van der Waals surface area contributed by atoms with Crippen LogP contribution in [0.2, 0.25) is 0 Å². The molecule has 15 heavy (non-hydrogen) atoms. The van der Waals surface area contributed by atoms with Crippen molar-refractivity contribution in [3.05, 3.63) is 0 Å². The van der Waals surface area contributed by atoms with Gasteiger partial charge in [-0.25, -0.2) is 0 Å². The minimum absolute atomic E-state index is 0.275. The summed E-state index contributed by atoms with van der Waals surface area (Å²) >= 11 is 0. The fourth-order valence-electron chi connectivity index (χ4n) is 2.08. The Kier molecular flexibility index (Phi) is 4.07. The number of carboxylic acids is 1. The summed E-state index contributed by atoms with van der Waals surface area (Å²) in [7, 11) is 0.